The fourth-order valence-corrected chi connectivity index (χ4v) is 3.15. The van der Waals surface area contributed by atoms with Crippen LogP contribution in [0.4, 0.5) is 5.69 Å². The lowest BCUT2D eigenvalue weighted by Gasteiger charge is -2.26. The molecule has 23 heavy (non-hydrogen) atoms. The predicted octanol–water partition coefficient (Wildman–Crippen LogP) is 3.35. The lowest BCUT2D eigenvalue weighted by atomic mass is 9.78. The van der Waals surface area contributed by atoms with Gasteiger partial charge in [-0.25, -0.2) is 4.99 Å². The first-order valence-electron chi connectivity index (χ1n) is 7.40. The van der Waals surface area contributed by atoms with Crippen LogP contribution in [-0.2, 0) is 6.42 Å². The second-order valence-electron chi connectivity index (χ2n) is 5.60. The van der Waals surface area contributed by atoms with Gasteiger partial charge < -0.3 is 11.5 Å². The molecule has 1 atom stereocenters. The minimum Gasteiger partial charge on any atom is -0.370 e. The summed E-state index contributed by atoms with van der Waals surface area (Å²) in [6.45, 7) is 0. The van der Waals surface area contributed by atoms with Gasteiger partial charge in [-0.3, -0.25) is 0 Å². The van der Waals surface area contributed by atoms with Gasteiger partial charge in [0.15, 0.2) is 5.96 Å². The number of halogens is 1. The zero-order chi connectivity index (χ0) is 15.5. The van der Waals surface area contributed by atoms with E-state index in [1.54, 1.807) is 0 Å². The summed E-state index contributed by atoms with van der Waals surface area (Å²) in [5.74, 6) is 0.403. The third-order valence-electron chi connectivity index (χ3n) is 4.14. The first-order chi connectivity index (χ1) is 10.7. The average Bonchev–Trinajstić information content (AvgIpc) is 2.54. The van der Waals surface area contributed by atoms with Gasteiger partial charge in [-0.1, -0.05) is 18.2 Å². The van der Waals surface area contributed by atoms with Crippen LogP contribution < -0.4 is 11.5 Å². The molecule has 0 amide bonds. The van der Waals surface area contributed by atoms with E-state index in [0.717, 1.165) is 24.1 Å². The number of nitriles is 1. The van der Waals surface area contributed by atoms with Crippen molar-refractivity contribution >= 4 is 24.1 Å². The van der Waals surface area contributed by atoms with Gasteiger partial charge in [0.1, 0.15) is 0 Å². The third-order valence-corrected chi connectivity index (χ3v) is 4.14. The van der Waals surface area contributed by atoms with Gasteiger partial charge in [-0.15, -0.1) is 12.4 Å². The Hall–Kier alpha value is -2.51. The maximum absolute atomic E-state index is 9.13. The van der Waals surface area contributed by atoms with Crippen LogP contribution in [0.15, 0.2) is 47.5 Å². The molecular weight excluding hydrogens is 308 g/mol. The maximum atomic E-state index is 9.13. The highest BCUT2D eigenvalue weighted by atomic mass is 35.5. The quantitative estimate of drug-likeness (QED) is 0.655. The molecule has 1 aliphatic carbocycles. The maximum Gasteiger partial charge on any atom is 0.191 e. The number of nitrogens with zero attached hydrogens (tertiary/aromatic N) is 2. The van der Waals surface area contributed by atoms with Gasteiger partial charge in [0.2, 0.25) is 0 Å². The standard InChI is InChI=1S/C18H18N4.ClH/c19-11-12-4-5-13-2-1-3-16(17(13)10-12)14-6-8-15(9-7-14)22-18(20)21;/h4-10,16H,1-3H2,(H4,20,21,22);1H. The molecule has 5 heteroatoms. The molecule has 0 saturated heterocycles. The second-order valence-corrected chi connectivity index (χ2v) is 5.60. The molecular formula is C18H19ClN4. The first kappa shape index (κ1) is 16.9. The molecule has 0 aromatic heterocycles. The zero-order valence-electron chi connectivity index (χ0n) is 12.7. The van der Waals surface area contributed by atoms with Gasteiger partial charge in [0.05, 0.1) is 17.3 Å². The van der Waals surface area contributed by atoms with E-state index in [1.807, 2.05) is 24.3 Å². The van der Waals surface area contributed by atoms with Crippen molar-refractivity contribution in [1.82, 2.24) is 0 Å². The highest BCUT2D eigenvalue weighted by Crippen LogP contribution is 2.37. The van der Waals surface area contributed by atoms with E-state index in [9.17, 15) is 0 Å². The Kier molecular flexibility index (Phi) is 5.25. The van der Waals surface area contributed by atoms with E-state index in [2.05, 4.69) is 29.3 Å². The van der Waals surface area contributed by atoms with Gasteiger partial charge in [0, 0.05) is 5.92 Å². The number of guanidine groups is 1. The highest BCUT2D eigenvalue weighted by Gasteiger charge is 2.22. The molecule has 1 unspecified atom stereocenters. The molecule has 1 aliphatic rings. The van der Waals surface area contributed by atoms with Crippen molar-refractivity contribution in [1.29, 1.82) is 5.26 Å². The Bertz CT molecular complexity index is 756. The Labute approximate surface area is 142 Å². The first-order valence-corrected chi connectivity index (χ1v) is 7.40. The van der Waals surface area contributed by atoms with Crippen LogP contribution in [0.25, 0.3) is 0 Å². The smallest absolute Gasteiger partial charge is 0.191 e. The van der Waals surface area contributed by atoms with E-state index in [0.29, 0.717) is 5.92 Å². The summed E-state index contributed by atoms with van der Waals surface area (Å²) < 4.78 is 0. The molecule has 4 nitrogen and oxygen atoms in total. The number of fused-ring (bicyclic) bond motifs is 1. The fraction of sp³-hybridized carbons (Fsp3) is 0.222. The SMILES string of the molecule is Cl.N#Cc1ccc2c(c1)C(c1ccc(N=C(N)N)cc1)CCC2. The van der Waals surface area contributed by atoms with Gasteiger partial charge >= 0.3 is 0 Å². The third kappa shape index (κ3) is 3.64. The monoisotopic (exact) mass is 326 g/mol. The summed E-state index contributed by atoms with van der Waals surface area (Å²) in [6, 6.07) is 16.3. The molecule has 0 radical (unpaired) electrons. The number of rotatable bonds is 2. The van der Waals surface area contributed by atoms with Crippen molar-refractivity contribution < 1.29 is 0 Å². The Morgan fingerprint density at radius 1 is 1.13 bits per heavy atom. The normalized spacial score (nSPS) is 15.7. The Morgan fingerprint density at radius 2 is 1.87 bits per heavy atom. The summed E-state index contributed by atoms with van der Waals surface area (Å²) in [7, 11) is 0. The van der Waals surface area contributed by atoms with E-state index in [4.69, 9.17) is 16.7 Å². The number of hydrogen-bond acceptors (Lipinski definition) is 2. The number of nitrogens with two attached hydrogens (primary N) is 2. The van der Waals surface area contributed by atoms with Crippen LogP contribution in [0.1, 0.15) is 41.0 Å². The molecule has 0 fully saturated rings. The average molecular weight is 327 g/mol. The summed E-state index contributed by atoms with van der Waals surface area (Å²) in [5.41, 5.74) is 16.1. The molecule has 118 valence electrons. The van der Waals surface area contributed by atoms with Crippen LogP contribution in [0.5, 0.6) is 0 Å². The van der Waals surface area contributed by atoms with Gasteiger partial charge in [-0.2, -0.15) is 5.26 Å². The topological polar surface area (TPSA) is 88.2 Å². The highest BCUT2D eigenvalue weighted by molar-refractivity contribution is 5.85. The molecule has 0 bridgehead atoms. The van der Waals surface area contributed by atoms with Crippen molar-refractivity contribution in [2.45, 2.75) is 25.2 Å². The minimum atomic E-state index is 0. The van der Waals surface area contributed by atoms with Crippen molar-refractivity contribution in [3.8, 4) is 6.07 Å². The lowest BCUT2D eigenvalue weighted by Crippen LogP contribution is -2.21. The zero-order valence-corrected chi connectivity index (χ0v) is 13.5. The van der Waals surface area contributed by atoms with Gasteiger partial charge in [-0.05, 0) is 60.2 Å². The molecule has 0 saturated carbocycles. The van der Waals surface area contributed by atoms with Gasteiger partial charge in [0.25, 0.3) is 0 Å². The van der Waals surface area contributed by atoms with Crippen LogP contribution in [-0.4, -0.2) is 5.96 Å². The second kappa shape index (κ2) is 7.17. The summed E-state index contributed by atoms with van der Waals surface area (Å²) in [4.78, 5) is 4.05. The van der Waals surface area contributed by atoms with Crippen LogP contribution in [0.3, 0.4) is 0 Å². The van der Waals surface area contributed by atoms with E-state index >= 15 is 0 Å². The van der Waals surface area contributed by atoms with Crippen LogP contribution >= 0.6 is 12.4 Å². The lowest BCUT2D eigenvalue weighted by molar-refractivity contribution is 0.616. The fourth-order valence-electron chi connectivity index (χ4n) is 3.15. The number of benzene rings is 2. The molecule has 3 rings (SSSR count). The Morgan fingerprint density at radius 3 is 2.52 bits per heavy atom. The summed E-state index contributed by atoms with van der Waals surface area (Å²) in [6.07, 6.45) is 3.35. The van der Waals surface area contributed by atoms with Crippen molar-refractivity contribution in [3.63, 3.8) is 0 Å². The van der Waals surface area contributed by atoms with Crippen LogP contribution in [0.2, 0.25) is 0 Å². The molecule has 0 heterocycles. The Balaban J connectivity index is 0.00000192. The number of aliphatic imine (C=N–C) groups is 1. The predicted molar refractivity (Wildman–Crippen MR) is 95.1 cm³/mol. The van der Waals surface area contributed by atoms with E-state index in [1.165, 1.54) is 23.1 Å². The van der Waals surface area contributed by atoms with E-state index in [-0.39, 0.29) is 18.4 Å². The van der Waals surface area contributed by atoms with Crippen molar-refractivity contribution in [3.05, 3.63) is 64.7 Å². The summed E-state index contributed by atoms with van der Waals surface area (Å²) in [5, 5.41) is 9.13. The molecule has 4 N–H and O–H groups in total. The van der Waals surface area contributed by atoms with E-state index < -0.39 is 0 Å². The van der Waals surface area contributed by atoms with Crippen molar-refractivity contribution in [2.75, 3.05) is 0 Å². The molecule has 2 aromatic rings. The molecule has 2 aromatic carbocycles. The largest absolute Gasteiger partial charge is 0.370 e. The molecule has 0 spiro atoms. The molecule has 0 aliphatic heterocycles. The minimum absolute atomic E-state index is 0. The van der Waals surface area contributed by atoms with Crippen LogP contribution in [0, 0.1) is 11.3 Å². The number of hydrogen-bond donors (Lipinski definition) is 2. The summed E-state index contributed by atoms with van der Waals surface area (Å²) >= 11 is 0. The number of aryl methyl sites for hydroxylation is 1. The van der Waals surface area contributed by atoms with Crippen molar-refractivity contribution in [2.24, 2.45) is 16.5 Å².